The van der Waals surface area contributed by atoms with Gasteiger partial charge in [-0.1, -0.05) is 42.1 Å². The number of nitrogens with zero attached hydrogens (tertiary/aromatic N) is 1. The minimum Gasteiger partial charge on any atom is -0.327 e. The first-order valence-corrected chi connectivity index (χ1v) is 6.95. The number of hydrogen-bond donors (Lipinski definition) is 1. The van der Waals surface area contributed by atoms with E-state index in [1.54, 1.807) is 11.8 Å². The van der Waals surface area contributed by atoms with E-state index in [0.29, 0.717) is 0 Å². The van der Waals surface area contributed by atoms with Gasteiger partial charge < -0.3 is 5.73 Å². The average Bonchev–Trinajstić information content (AvgIpc) is 2.38. The zero-order valence-electron chi connectivity index (χ0n) is 10.7. The highest BCUT2D eigenvalue weighted by Gasteiger charge is 2.19. The van der Waals surface area contributed by atoms with Crippen LogP contribution in [-0.2, 0) is 0 Å². The molecule has 1 heterocycles. The van der Waals surface area contributed by atoms with Crippen LogP contribution in [0.15, 0.2) is 53.7 Å². The van der Waals surface area contributed by atoms with Crippen LogP contribution in [0.2, 0.25) is 0 Å². The molecule has 3 heteroatoms. The Morgan fingerprint density at radius 1 is 1.11 bits per heavy atom. The van der Waals surface area contributed by atoms with Crippen LogP contribution in [0.4, 0.5) is 0 Å². The molecule has 0 fully saturated rings. The fourth-order valence-electron chi connectivity index (χ4n) is 1.91. The summed E-state index contributed by atoms with van der Waals surface area (Å²) in [5.41, 5.74) is 8.71. The molecule has 2 unspecified atom stereocenters. The SMILES string of the molecule is Cc1ccccc1C(Sc1ccccn1)C(C)N. The number of rotatable bonds is 4. The van der Waals surface area contributed by atoms with Gasteiger partial charge >= 0.3 is 0 Å². The van der Waals surface area contributed by atoms with Crippen molar-refractivity contribution in [1.29, 1.82) is 0 Å². The second-order valence-corrected chi connectivity index (χ2v) is 5.58. The van der Waals surface area contributed by atoms with Gasteiger partial charge in [0.25, 0.3) is 0 Å². The molecule has 0 saturated heterocycles. The Bertz CT molecular complexity index is 497. The Balaban J connectivity index is 2.27. The summed E-state index contributed by atoms with van der Waals surface area (Å²) >= 11 is 1.73. The van der Waals surface area contributed by atoms with Gasteiger partial charge in [0, 0.05) is 12.2 Å². The minimum absolute atomic E-state index is 0.0816. The average molecular weight is 258 g/mol. The molecule has 0 spiro atoms. The van der Waals surface area contributed by atoms with Gasteiger partial charge in [-0.25, -0.2) is 4.98 Å². The van der Waals surface area contributed by atoms with Crippen LogP contribution in [0.1, 0.15) is 23.3 Å². The maximum Gasteiger partial charge on any atom is 0.0966 e. The third-order valence-corrected chi connectivity index (χ3v) is 4.28. The molecule has 2 nitrogen and oxygen atoms in total. The Morgan fingerprint density at radius 3 is 2.44 bits per heavy atom. The number of nitrogens with two attached hydrogens (primary N) is 1. The van der Waals surface area contributed by atoms with E-state index in [-0.39, 0.29) is 11.3 Å². The van der Waals surface area contributed by atoms with Crippen LogP contribution >= 0.6 is 11.8 Å². The first kappa shape index (κ1) is 13.1. The Morgan fingerprint density at radius 2 is 1.83 bits per heavy atom. The first-order chi connectivity index (χ1) is 8.68. The van der Waals surface area contributed by atoms with Crippen LogP contribution in [0.5, 0.6) is 0 Å². The van der Waals surface area contributed by atoms with Gasteiger partial charge in [0.15, 0.2) is 0 Å². The summed E-state index contributed by atoms with van der Waals surface area (Å²) in [5, 5.41) is 1.25. The Hall–Kier alpha value is -1.32. The maximum absolute atomic E-state index is 6.14. The topological polar surface area (TPSA) is 38.9 Å². The molecule has 2 aromatic rings. The van der Waals surface area contributed by atoms with Crippen molar-refractivity contribution < 1.29 is 0 Å². The molecule has 18 heavy (non-hydrogen) atoms. The maximum atomic E-state index is 6.14. The highest BCUT2D eigenvalue weighted by Crippen LogP contribution is 2.37. The number of pyridine rings is 1. The van der Waals surface area contributed by atoms with Gasteiger partial charge in [-0.15, -0.1) is 0 Å². The molecule has 2 atom stereocenters. The van der Waals surface area contributed by atoms with Gasteiger partial charge in [0.05, 0.1) is 10.3 Å². The standard InChI is InChI=1S/C15H18N2S/c1-11-7-3-4-8-13(11)15(12(2)16)18-14-9-5-6-10-17-14/h3-10,12,15H,16H2,1-2H3. The molecular formula is C15H18N2S. The molecule has 1 aromatic heterocycles. The Kier molecular flexibility index (Phi) is 4.39. The molecule has 0 aliphatic rings. The molecule has 0 aliphatic heterocycles. The lowest BCUT2D eigenvalue weighted by atomic mass is 10.0. The number of benzene rings is 1. The highest BCUT2D eigenvalue weighted by molar-refractivity contribution is 7.99. The molecule has 0 saturated carbocycles. The normalized spacial score (nSPS) is 14.2. The van der Waals surface area contributed by atoms with Crippen LogP contribution in [0.25, 0.3) is 0 Å². The largest absolute Gasteiger partial charge is 0.327 e. The molecule has 0 bridgehead atoms. The van der Waals surface area contributed by atoms with Crippen LogP contribution < -0.4 is 5.73 Å². The zero-order chi connectivity index (χ0) is 13.0. The van der Waals surface area contributed by atoms with Gasteiger partial charge in [-0.05, 0) is 37.1 Å². The van der Waals surface area contributed by atoms with E-state index in [4.69, 9.17) is 5.73 Å². The minimum atomic E-state index is 0.0816. The van der Waals surface area contributed by atoms with E-state index in [1.165, 1.54) is 11.1 Å². The van der Waals surface area contributed by atoms with Crippen molar-refractivity contribution in [3.05, 3.63) is 59.8 Å². The summed E-state index contributed by atoms with van der Waals surface area (Å²) in [5.74, 6) is 0. The van der Waals surface area contributed by atoms with Crippen LogP contribution in [-0.4, -0.2) is 11.0 Å². The predicted molar refractivity (Wildman–Crippen MR) is 77.7 cm³/mol. The summed E-state index contributed by atoms with van der Waals surface area (Å²) in [7, 11) is 0. The number of aromatic nitrogens is 1. The van der Waals surface area contributed by atoms with Gasteiger partial charge in [0.1, 0.15) is 0 Å². The van der Waals surface area contributed by atoms with Crippen molar-refractivity contribution in [1.82, 2.24) is 4.98 Å². The molecular weight excluding hydrogens is 240 g/mol. The number of aryl methyl sites for hydroxylation is 1. The van der Waals surface area contributed by atoms with Gasteiger partial charge in [-0.3, -0.25) is 0 Å². The summed E-state index contributed by atoms with van der Waals surface area (Å²) < 4.78 is 0. The third kappa shape index (κ3) is 3.12. The van der Waals surface area contributed by atoms with Crippen molar-refractivity contribution >= 4 is 11.8 Å². The van der Waals surface area contributed by atoms with E-state index >= 15 is 0 Å². The molecule has 2 N–H and O–H groups in total. The van der Waals surface area contributed by atoms with E-state index in [1.807, 2.05) is 31.3 Å². The van der Waals surface area contributed by atoms with Crippen LogP contribution in [0.3, 0.4) is 0 Å². The van der Waals surface area contributed by atoms with Crippen molar-refractivity contribution in [2.24, 2.45) is 5.73 Å². The molecule has 0 aliphatic carbocycles. The molecule has 0 radical (unpaired) electrons. The fraction of sp³-hybridized carbons (Fsp3) is 0.267. The molecule has 1 aromatic carbocycles. The predicted octanol–water partition coefficient (Wildman–Crippen LogP) is 3.57. The van der Waals surface area contributed by atoms with Crippen molar-refractivity contribution in [2.45, 2.75) is 30.2 Å². The fourth-order valence-corrected chi connectivity index (χ4v) is 3.05. The first-order valence-electron chi connectivity index (χ1n) is 6.07. The van der Waals surface area contributed by atoms with Crippen molar-refractivity contribution in [3.8, 4) is 0 Å². The smallest absolute Gasteiger partial charge is 0.0966 e. The molecule has 0 amide bonds. The lowest BCUT2D eigenvalue weighted by molar-refractivity contribution is 0.717. The molecule has 2 rings (SSSR count). The lowest BCUT2D eigenvalue weighted by Gasteiger charge is -2.22. The quantitative estimate of drug-likeness (QED) is 0.852. The van der Waals surface area contributed by atoms with Crippen molar-refractivity contribution in [3.63, 3.8) is 0 Å². The van der Waals surface area contributed by atoms with Gasteiger partial charge in [-0.2, -0.15) is 0 Å². The Labute approximate surface area is 113 Å². The van der Waals surface area contributed by atoms with E-state index in [9.17, 15) is 0 Å². The second kappa shape index (κ2) is 6.03. The van der Waals surface area contributed by atoms with E-state index in [2.05, 4.69) is 36.2 Å². The van der Waals surface area contributed by atoms with Crippen LogP contribution in [0, 0.1) is 6.92 Å². The highest BCUT2D eigenvalue weighted by atomic mass is 32.2. The summed E-state index contributed by atoms with van der Waals surface area (Å²) in [6.07, 6.45) is 1.82. The number of hydrogen-bond acceptors (Lipinski definition) is 3. The number of thioether (sulfide) groups is 1. The van der Waals surface area contributed by atoms with Gasteiger partial charge in [0.2, 0.25) is 0 Å². The van der Waals surface area contributed by atoms with E-state index in [0.717, 1.165) is 5.03 Å². The zero-order valence-corrected chi connectivity index (χ0v) is 11.5. The third-order valence-electron chi connectivity index (χ3n) is 2.86. The summed E-state index contributed by atoms with van der Waals surface area (Å²) in [6.45, 7) is 4.18. The summed E-state index contributed by atoms with van der Waals surface area (Å²) in [4.78, 5) is 4.36. The monoisotopic (exact) mass is 258 g/mol. The summed E-state index contributed by atoms with van der Waals surface area (Å²) in [6, 6.07) is 14.4. The van der Waals surface area contributed by atoms with Crippen molar-refractivity contribution in [2.75, 3.05) is 0 Å². The molecule has 94 valence electrons. The van der Waals surface area contributed by atoms with E-state index < -0.39 is 0 Å². The lowest BCUT2D eigenvalue weighted by Crippen LogP contribution is -2.23. The second-order valence-electron chi connectivity index (χ2n) is 4.42.